The molecule has 0 saturated carbocycles. The molecule has 0 spiro atoms. The Balaban J connectivity index is 1.90. The van der Waals surface area contributed by atoms with Gasteiger partial charge < -0.3 is 10.1 Å². The third-order valence-electron chi connectivity index (χ3n) is 2.92. The van der Waals surface area contributed by atoms with Gasteiger partial charge in [-0.3, -0.25) is 4.79 Å². The number of rotatable bonds is 5. The summed E-state index contributed by atoms with van der Waals surface area (Å²) in [6, 6.07) is 11.6. The van der Waals surface area contributed by atoms with Crippen LogP contribution in [0, 0.1) is 11.6 Å². The van der Waals surface area contributed by atoms with E-state index < -0.39 is 17.7 Å². The SMILES string of the molecule is C[C@H](NC(=O)COc1ccccc1)c1ccc(F)cc1F. The summed E-state index contributed by atoms with van der Waals surface area (Å²) in [5, 5.41) is 2.60. The molecule has 0 saturated heterocycles. The Hall–Kier alpha value is -2.43. The topological polar surface area (TPSA) is 38.3 Å². The summed E-state index contributed by atoms with van der Waals surface area (Å²) in [7, 11) is 0. The molecule has 0 bridgehead atoms. The van der Waals surface area contributed by atoms with E-state index >= 15 is 0 Å². The number of benzene rings is 2. The van der Waals surface area contributed by atoms with Crippen LogP contribution in [0.1, 0.15) is 18.5 Å². The van der Waals surface area contributed by atoms with Crippen molar-refractivity contribution in [1.29, 1.82) is 0 Å². The minimum atomic E-state index is -0.688. The molecule has 1 N–H and O–H groups in total. The lowest BCUT2D eigenvalue weighted by Gasteiger charge is -2.15. The van der Waals surface area contributed by atoms with E-state index in [1.165, 1.54) is 6.07 Å². The average molecular weight is 291 g/mol. The first-order chi connectivity index (χ1) is 10.1. The third kappa shape index (κ3) is 4.27. The predicted molar refractivity (Wildman–Crippen MR) is 74.9 cm³/mol. The van der Waals surface area contributed by atoms with Crippen molar-refractivity contribution in [2.75, 3.05) is 6.61 Å². The minimum absolute atomic E-state index is 0.169. The lowest BCUT2D eigenvalue weighted by molar-refractivity contribution is -0.123. The van der Waals surface area contributed by atoms with Gasteiger partial charge in [-0.15, -0.1) is 0 Å². The molecule has 0 radical (unpaired) electrons. The fourth-order valence-corrected chi connectivity index (χ4v) is 1.88. The fraction of sp³-hybridized carbons (Fsp3) is 0.188. The van der Waals surface area contributed by atoms with Crippen molar-refractivity contribution >= 4 is 5.91 Å². The second-order valence-corrected chi connectivity index (χ2v) is 4.56. The van der Waals surface area contributed by atoms with E-state index in [1.807, 2.05) is 6.07 Å². The van der Waals surface area contributed by atoms with Gasteiger partial charge in [0.05, 0.1) is 6.04 Å². The molecule has 3 nitrogen and oxygen atoms in total. The first kappa shape index (κ1) is 15.0. The summed E-state index contributed by atoms with van der Waals surface area (Å²) < 4.78 is 31.7. The standard InChI is InChI=1S/C16H15F2NO2/c1-11(14-8-7-12(17)9-15(14)18)19-16(20)10-21-13-5-3-2-4-6-13/h2-9,11H,10H2,1H3,(H,19,20)/t11-/m0/s1. The van der Waals surface area contributed by atoms with E-state index in [1.54, 1.807) is 31.2 Å². The van der Waals surface area contributed by atoms with E-state index in [0.29, 0.717) is 5.75 Å². The highest BCUT2D eigenvalue weighted by Crippen LogP contribution is 2.17. The smallest absolute Gasteiger partial charge is 0.258 e. The van der Waals surface area contributed by atoms with Crippen LogP contribution in [-0.2, 0) is 4.79 Å². The molecule has 0 heterocycles. The lowest BCUT2D eigenvalue weighted by Crippen LogP contribution is -2.31. The van der Waals surface area contributed by atoms with Gasteiger partial charge in [0.1, 0.15) is 17.4 Å². The van der Waals surface area contributed by atoms with Crippen LogP contribution < -0.4 is 10.1 Å². The molecule has 0 fully saturated rings. The van der Waals surface area contributed by atoms with Gasteiger partial charge >= 0.3 is 0 Å². The molecule has 2 aromatic carbocycles. The average Bonchev–Trinajstić information content (AvgIpc) is 2.46. The van der Waals surface area contributed by atoms with Crippen LogP contribution in [0.2, 0.25) is 0 Å². The van der Waals surface area contributed by atoms with Crippen LogP contribution in [0.3, 0.4) is 0 Å². The lowest BCUT2D eigenvalue weighted by atomic mass is 10.1. The maximum Gasteiger partial charge on any atom is 0.258 e. The molecular weight excluding hydrogens is 276 g/mol. The number of para-hydroxylation sites is 1. The van der Waals surface area contributed by atoms with Gasteiger partial charge in [0.2, 0.25) is 0 Å². The van der Waals surface area contributed by atoms with Gasteiger partial charge in [-0.1, -0.05) is 24.3 Å². The van der Waals surface area contributed by atoms with Crippen LogP contribution in [0.15, 0.2) is 48.5 Å². The molecule has 0 unspecified atom stereocenters. The normalized spacial score (nSPS) is 11.8. The van der Waals surface area contributed by atoms with Gasteiger partial charge in [0.15, 0.2) is 6.61 Å². The van der Waals surface area contributed by atoms with Crippen molar-refractivity contribution in [3.8, 4) is 5.75 Å². The Morgan fingerprint density at radius 1 is 1.19 bits per heavy atom. The Labute approximate surface area is 121 Å². The highest BCUT2D eigenvalue weighted by molar-refractivity contribution is 5.78. The summed E-state index contributed by atoms with van der Waals surface area (Å²) in [4.78, 5) is 11.7. The molecule has 5 heteroatoms. The number of carbonyl (C=O) groups is 1. The van der Waals surface area contributed by atoms with Crippen molar-refractivity contribution in [1.82, 2.24) is 5.32 Å². The van der Waals surface area contributed by atoms with Crippen molar-refractivity contribution in [2.45, 2.75) is 13.0 Å². The Morgan fingerprint density at radius 2 is 1.90 bits per heavy atom. The van der Waals surface area contributed by atoms with Crippen LogP contribution >= 0.6 is 0 Å². The number of carbonyl (C=O) groups excluding carboxylic acids is 1. The molecule has 0 aliphatic carbocycles. The van der Waals surface area contributed by atoms with E-state index in [-0.39, 0.29) is 18.1 Å². The van der Waals surface area contributed by atoms with Gasteiger partial charge in [-0.05, 0) is 25.1 Å². The van der Waals surface area contributed by atoms with Gasteiger partial charge in [0, 0.05) is 11.6 Å². The Bertz CT molecular complexity index is 617. The number of amides is 1. The molecule has 2 rings (SSSR count). The quantitative estimate of drug-likeness (QED) is 0.918. The number of nitrogens with one attached hydrogen (secondary N) is 1. The monoisotopic (exact) mass is 291 g/mol. The van der Waals surface area contributed by atoms with Crippen molar-refractivity contribution < 1.29 is 18.3 Å². The van der Waals surface area contributed by atoms with Crippen molar-refractivity contribution in [3.05, 3.63) is 65.7 Å². The highest BCUT2D eigenvalue weighted by Gasteiger charge is 2.14. The van der Waals surface area contributed by atoms with Crippen LogP contribution in [0.25, 0.3) is 0 Å². The maximum absolute atomic E-state index is 13.6. The molecule has 2 aromatic rings. The summed E-state index contributed by atoms with van der Waals surface area (Å²) in [5.74, 6) is -1.14. The van der Waals surface area contributed by atoms with Gasteiger partial charge in [-0.25, -0.2) is 8.78 Å². The molecule has 21 heavy (non-hydrogen) atoms. The van der Waals surface area contributed by atoms with Gasteiger partial charge in [0.25, 0.3) is 5.91 Å². The summed E-state index contributed by atoms with van der Waals surface area (Å²) in [6.07, 6.45) is 0. The predicted octanol–water partition coefficient (Wildman–Crippen LogP) is 3.22. The minimum Gasteiger partial charge on any atom is -0.484 e. The number of halogens is 2. The van der Waals surface area contributed by atoms with Crippen molar-refractivity contribution in [3.63, 3.8) is 0 Å². The molecule has 0 aromatic heterocycles. The first-order valence-corrected chi connectivity index (χ1v) is 6.48. The van der Waals surface area contributed by atoms with Crippen LogP contribution in [0.5, 0.6) is 5.75 Å². The van der Waals surface area contributed by atoms with E-state index in [4.69, 9.17) is 4.74 Å². The van der Waals surface area contributed by atoms with Crippen LogP contribution in [0.4, 0.5) is 8.78 Å². The molecule has 0 aliphatic heterocycles. The largest absolute Gasteiger partial charge is 0.484 e. The summed E-state index contributed by atoms with van der Waals surface area (Å²) in [5.41, 5.74) is 0.226. The zero-order valence-corrected chi connectivity index (χ0v) is 11.5. The summed E-state index contributed by atoms with van der Waals surface area (Å²) in [6.45, 7) is 1.45. The second-order valence-electron chi connectivity index (χ2n) is 4.56. The molecule has 1 atom stereocenters. The molecule has 1 amide bonds. The fourth-order valence-electron chi connectivity index (χ4n) is 1.88. The van der Waals surface area contributed by atoms with Crippen LogP contribution in [-0.4, -0.2) is 12.5 Å². The van der Waals surface area contributed by atoms with E-state index in [0.717, 1.165) is 12.1 Å². The highest BCUT2D eigenvalue weighted by atomic mass is 19.1. The molecule has 110 valence electrons. The second kappa shape index (κ2) is 6.83. The zero-order valence-electron chi connectivity index (χ0n) is 11.5. The molecule has 0 aliphatic rings. The third-order valence-corrected chi connectivity index (χ3v) is 2.92. The maximum atomic E-state index is 13.6. The molecular formula is C16H15F2NO2. The Morgan fingerprint density at radius 3 is 2.57 bits per heavy atom. The van der Waals surface area contributed by atoms with E-state index in [2.05, 4.69) is 5.32 Å². The number of ether oxygens (including phenoxy) is 1. The first-order valence-electron chi connectivity index (χ1n) is 6.48. The van der Waals surface area contributed by atoms with E-state index in [9.17, 15) is 13.6 Å². The zero-order chi connectivity index (χ0) is 15.2. The van der Waals surface area contributed by atoms with Crippen molar-refractivity contribution in [2.24, 2.45) is 0 Å². The Kier molecular flexibility index (Phi) is 4.87. The number of hydrogen-bond acceptors (Lipinski definition) is 2. The number of hydrogen-bond donors (Lipinski definition) is 1. The van der Waals surface area contributed by atoms with Gasteiger partial charge in [-0.2, -0.15) is 0 Å². The summed E-state index contributed by atoms with van der Waals surface area (Å²) >= 11 is 0.